The topological polar surface area (TPSA) is 9.23 Å². The van der Waals surface area contributed by atoms with E-state index in [9.17, 15) is 0 Å². The van der Waals surface area contributed by atoms with Gasteiger partial charge in [0, 0.05) is 0 Å². The summed E-state index contributed by atoms with van der Waals surface area (Å²) in [7, 11) is 0. The average molecular weight is 234 g/mol. The van der Waals surface area contributed by atoms with Crippen LogP contribution in [-0.4, -0.2) is 0 Å². The van der Waals surface area contributed by atoms with Crippen molar-refractivity contribution in [2.75, 3.05) is 0 Å². The van der Waals surface area contributed by atoms with Gasteiger partial charge in [-0.3, -0.25) is 0 Å². The van der Waals surface area contributed by atoms with Crippen LogP contribution in [0, 0.1) is 12.3 Å². The molecule has 0 spiro atoms. The molecular weight excluding hydrogens is 220 g/mol. The minimum Gasteiger partial charge on any atom is -0.488 e. The van der Waals surface area contributed by atoms with Gasteiger partial charge in [0.2, 0.25) is 0 Å². The zero-order valence-electron chi connectivity index (χ0n) is 10.0. The van der Waals surface area contributed by atoms with Gasteiger partial charge < -0.3 is 4.74 Å². The first-order valence-electron chi connectivity index (χ1n) is 5.79. The normalized spacial score (nSPS) is 17.5. The first-order valence-corrected chi connectivity index (χ1v) is 5.79. The summed E-state index contributed by atoms with van der Waals surface area (Å²) in [5, 5.41) is 0. The molecule has 0 unspecified atom stereocenters. The van der Waals surface area contributed by atoms with E-state index in [1.165, 1.54) is 0 Å². The summed E-state index contributed by atoms with van der Waals surface area (Å²) in [6, 6.07) is 10.0. The third-order valence-electron chi connectivity index (χ3n) is 2.50. The molecule has 1 aromatic carbocycles. The number of rotatable bonds is 3. The highest BCUT2D eigenvalue weighted by molar-refractivity contribution is 5.46. The molecule has 1 aliphatic rings. The van der Waals surface area contributed by atoms with Gasteiger partial charge in [-0.25, -0.2) is 0 Å². The van der Waals surface area contributed by atoms with Crippen LogP contribution in [-0.2, 0) is 11.3 Å². The van der Waals surface area contributed by atoms with Gasteiger partial charge in [-0.2, -0.15) is 0 Å². The lowest BCUT2D eigenvalue weighted by Crippen LogP contribution is -1.96. The largest absolute Gasteiger partial charge is 0.488 e. The molecule has 0 fully saturated rings. The fourth-order valence-corrected chi connectivity index (χ4v) is 1.58. The predicted octanol–water partition coefficient (Wildman–Crippen LogP) is 3.77. The number of hydrogen-bond acceptors (Lipinski definition) is 1. The fourth-order valence-electron chi connectivity index (χ4n) is 1.58. The maximum absolute atomic E-state index is 5.77. The SMILES string of the molecule is C#CC1=C/C=C\C=C/C=C1OCc1ccccc1. The quantitative estimate of drug-likeness (QED) is 0.723. The summed E-state index contributed by atoms with van der Waals surface area (Å²) in [5.74, 6) is 3.36. The zero-order valence-corrected chi connectivity index (χ0v) is 10.0. The summed E-state index contributed by atoms with van der Waals surface area (Å²) in [6.45, 7) is 0.517. The van der Waals surface area contributed by atoms with Crippen molar-refractivity contribution in [1.82, 2.24) is 0 Å². The molecule has 1 aliphatic carbocycles. The molecular formula is C17H14O. The minimum absolute atomic E-state index is 0.517. The highest BCUT2D eigenvalue weighted by Crippen LogP contribution is 2.15. The second-order valence-corrected chi connectivity index (χ2v) is 3.80. The van der Waals surface area contributed by atoms with Crippen molar-refractivity contribution < 1.29 is 4.74 Å². The maximum Gasteiger partial charge on any atom is 0.135 e. The summed E-state index contributed by atoms with van der Waals surface area (Å²) in [6.07, 6.45) is 16.9. The molecule has 1 nitrogen and oxygen atoms in total. The monoisotopic (exact) mass is 234 g/mol. The van der Waals surface area contributed by atoms with Crippen molar-refractivity contribution in [3.8, 4) is 12.3 Å². The molecule has 0 saturated heterocycles. The van der Waals surface area contributed by atoms with Gasteiger partial charge in [-0.15, -0.1) is 6.42 Å². The van der Waals surface area contributed by atoms with Crippen molar-refractivity contribution in [2.24, 2.45) is 0 Å². The Morgan fingerprint density at radius 3 is 2.39 bits per heavy atom. The molecule has 0 aromatic heterocycles. The smallest absolute Gasteiger partial charge is 0.135 e. The molecule has 0 heterocycles. The Labute approximate surface area is 108 Å². The van der Waals surface area contributed by atoms with E-state index in [4.69, 9.17) is 11.2 Å². The highest BCUT2D eigenvalue weighted by atomic mass is 16.5. The second-order valence-electron chi connectivity index (χ2n) is 3.80. The third kappa shape index (κ3) is 3.26. The number of ether oxygens (including phenoxy) is 1. The van der Waals surface area contributed by atoms with Crippen LogP contribution >= 0.6 is 0 Å². The Bertz CT molecular complexity index is 551. The molecule has 1 heteroatoms. The molecule has 0 amide bonds. The van der Waals surface area contributed by atoms with Crippen LogP contribution < -0.4 is 0 Å². The van der Waals surface area contributed by atoms with Crippen molar-refractivity contribution in [3.05, 3.63) is 83.7 Å². The Morgan fingerprint density at radius 2 is 1.67 bits per heavy atom. The van der Waals surface area contributed by atoms with Crippen molar-refractivity contribution in [2.45, 2.75) is 6.61 Å². The highest BCUT2D eigenvalue weighted by Gasteiger charge is 2.03. The maximum atomic E-state index is 5.77. The van der Waals surface area contributed by atoms with Crippen LogP contribution in [0.15, 0.2) is 78.1 Å². The van der Waals surface area contributed by atoms with Crippen LogP contribution in [0.3, 0.4) is 0 Å². The Balaban J connectivity index is 2.10. The van der Waals surface area contributed by atoms with E-state index in [0.717, 1.165) is 16.9 Å². The van der Waals surface area contributed by atoms with E-state index in [1.54, 1.807) is 0 Å². The Hall–Kier alpha value is -2.46. The molecule has 2 rings (SSSR count). The van der Waals surface area contributed by atoms with Crippen LogP contribution in [0.1, 0.15) is 5.56 Å². The zero-order chi connectivity index (χ0) is 12.6. The van der Waals surface area contributed by atoms with E-state index < -0.39 is 0 Å². The van der Waals surface area contributed by atoms with Crippen LogP contribution in [0.4, 0.5) is 0 Å². The van der Waals surface area contributed by atoms with Gasteiger partial charge in [-0.05, 0) is 17.7 Å². The van der Waals surface area contributed by atoms with Gasteiger partial charge in [0.05, 0.1) is 5.57 Å². The number of hydrogen-bond donors (Lipinski definition) is 0. The van der Waals surface area contributed by atoms with Gasteiger partial charge in [0.15, 0.2) is 0 Å². The number of benzene rings is 1. The van der Waals surface area contributed by atoms with Gasteiger partial charge >= 0.3 is 0 Å². The van der Waals surface area contributed by atoms with Crippen LogP contribution in [0.5, 0.6) is 0 Å². The van der Waals surface area contributed by atoms with E-state index in [0.29, 0.717) is 6.61 Å². The second kappa shape index (κ2) is 6.32. The summed E-state index contributed by atoms with van der Waals surface area (Å²) >= 11 is 0. The van der Waals surface area contributed by atoms with E-state index in [2.05, 4.69) is 5.92 Å². The van der Waals surface area contributed by atoms with Crippen LogP contribution in [0.25, 0.3) is 0 Å². The summed E-state index contributed by atoms with van der Waals surface area (Å²) in [5.41, 5.74) is 1.88. The van der Waals surface area contributed by atoms with Gasteiger partial charge in [0.1, 0.15) is 12.4 Å². The molecule has 0 saturated carbocycles. The average Bonchev–Trinajstić information content (AvgIpc) is 2.39. The van der Waals surface area contributed by atoms with Crippen LogP contribution in [0.2, 0.25) is 0 Å². The fraction of sp³-hybridized carbons (Fsp3) is 0.0588. The summed E-state index contributed by atoms with van der Waals surface area (Å²) in [4.78, 5) is 0. The van der Waals surface area contributed by atoms with Gasteiger partial charge in [0.25, 0.3) is 0 Å². The first-order chi connectivity index (χ1) is 8.90. The van der Waals surface area contributed by atoms with E-state index in [1.807, 2.05) is 66.8 Å². The molecule has 0 atom stereocenters. The molecule has 0 radical (unpaired) electrons. The van der Waals surface area contributed by atoms with Crippen molar-refractivity contribution >= 4 is 0 Å². The lowest BCUT2D eigenvalue weighted by Gasteiger charge is -2.10. The van der Waals surface area contributed by atoms with E-state index >= 15 is 0 Å². The Morgan fingerprint density at radius 1 is 0.944 bits per heavy atom. The lowest BCUT2D eigenvalue weighted by atomic mass is 10.1. The lowest BCUT2D eigenvalue weighted by molar-refractivity contribution is 0.208. The molecule has 1 aromatic rings. The molecule has 0 N–H and O–H groups in total. The number of terminal acetylenes is 1. The summed E-state index contributed by atoms with van der Waals surface area (Å²) < 4.78 is 5.77. The molecule has 0 aliphatic heterocycles. The third-order valence-corrected chi connectivity index (χ3v) is 2.50. The first kappa shape index (κ1) is 12.0. The molecule has 88 valence electrons. The standard InChI is InChI=1S/C17H14O/c1-2-16-12-8-3-4-9-13-17(16)18-14-15-10-6-5-7-11-15/h1,3-13H,14H2/b4-3?,8-3-,9-4-,12-8?,13-9?,16-12?,17-13?,17-16?. The minimum atomic E-state index is 0.517. The molecule has 0 bridgehead atoms. The van der Waals surface area contributed by atoms with E-state index in [-0.39, 0.29) is 0 Å². The molecule has 18 heavy (non-hydrogen) atoms. The Kier molecular flexibility index (Phi) is 4.22. The van der Waals surface area contributed by atoms with Crippen molar-refractivity contribution in [1.29, 1.82) is 0 Å². The van der Waals surface area contributed by atoms with Gasteiger partial charge in [-0.1, -0.05) is 60.6 Å². The number of allylic oxidation sites excluding steroid dienone is 7. The predicted molar refractivity (Wildman–Crippen MR) is 74.5 cm³/mol. The van der Waals surface area contributed by atoms with Crippen molar-refractivity contribution in [3.63, 3.8) is 0 Å².